The quantitative estimate of drug-likeness (QED) is 0.788. The van der Waals surface area contributed by atoms with Gasteiger partial charge in [0.25, 0.3) is 5.91 Å². The summed E-state index contributed by atoms with van der Waals surface area (Å²) in [4.78, 5) is 28.2. The molecule has 0 bridgehead atoms. The maximum atomic E-state index is 13.4. The fourth-order valence-corrected chi connectivity index (χ4v) is 5.08. The topological polar surface area (TPSA) is 40.6 Å². The van der Waals surface area contributed by atoms with E-state index < -0.39 is 10.7 Å². The standard InChI is InChI=1S/C20H18F2N2O2S/c21-15-4-6-17(7-5-15)24-18(25)13-27-20(24)8-10-23(11-9-20)19(26)14-2-1-3-16(22)12-14/h1-7,12H,8-11,13H2. The smallest absolute Gasteiger partial charge is 0.253 e. The molecule has 0 N–H and O–H groups in total. The number of anilines is 1. The number of thioether (sulfide) groups is 1. The van der Waals surface area contributed by atoms with Crippen molar-refractivity contribution in [2.24, 2.45) is 0 Å². The van der Waals surface area contributed by atoms with Crippen LogP contribution in [0.25, 0.3) is 0 Å². The van der Waals surface area contributed by atoms with Crippen LogP contribution in [0.5, 0.6) is 0 Å². The molecule has 0 aromatic heterocycles. The van der Waals surface area contributed by atoms with E-state index in [4.69, 9.17) is 0 Å². The van der Waals surface area contributed by atoms with Crippen molar-refractivity contribution in [1.82, 2.24) is 4.90 Å². The zero-order chi connectivity index (χ0) is 19.0. The third kappa shape index (κ3) is 3.32. The summed E-state index contributed by atoms with van der Waals surface area (Å²) in [5.41, 5.74) is 1.01. The molecule has 0 atom stereocenters. The van der Waals surface area contributed by atoms with E-state index in [1.54, 1.807) is 39.8 Å². The van der Waals surface area contributed by atoms with Crippen molar-refractivity contribution < 1.29 is 18.4 Å². The second-order valence-electron chi connectivity index (χ2n) is 6.74. The molecule has 0 radical (unpaired) electrons. The Morgan fingerprint density at radius 2 is 1.70 bits per heavy atom. The van der Waals surface area contributed by atoms with Crippen molar-refractivity contribution in [2.45, 2.75) is 17.7 Å². The predicted octanol–water partition coefficient (Wildman–Crippen LogP) is 3.68. The van der Waals surface area contributed by atoms with Crippen LogP contribution in [0.4, 0.5) is 14.5 Å². The number of amides is 2. The summed E-state index contributed by atoms with van der Waals surface area (Å²) in [5.74, 6) is -0.616. The fourth-order valence-electron chi connectivity index (χ4n) is 3.75. The Balaban J connectivity index is 1.52. The molecule has 4 nitrogen and oxygen atoms in total. The lowest BCUT2D eigenvalue weighted by Crippen LogP contribution is -2.53. The molecule has 2 aromatic carbocycles. The highest BCUT2D eigenvalue weighted by molar-refractivity contribution is 8.02. The van der Waals surface area contributed by atoms with Gasteiger partial charge in [-0.1, -0.05) is 6.07 Å². The van der Waals surface area contributed by atoms with Gasteiger partial charge in [0.15, 0.2) is 0 Å². The molecule has 27 heavy (non-hydrogen) atoms. The number of carbonyl (C=O) groups excluding carboxylic acids is 2. The van der Waals surface area contributed by atoms with Crippen LogP contribution in [-0.2, 0) is 4.79 Å². The second-order valence-corrected chi connectivity index (χ2v) is 8.08. The molecule has 2 heterocycles. The van der Waals surface area contributed by atoms with Crippen LogP contribution in [0, 0.1) is 11.6 Å². The van der Waals surface area contributed by atoms with Gasteiger partial charge in [-0.2, -0.15) is 0 Å². The van der Waals surface area contributed by atoms with E-state index >= 15 is 0 Å². The molecule has 2 saturated heterocycles. The number of hydrogen-bond donors (Lipinski definition) is 0. The average molecular weight is 388 g/mol. The first-order valence-corrected chi connectivity index (χ1v) is 9.74. The first-order valence-electron chi connectivity index (χ1n) is 8.76. The predicted molar refractivity (Wildman–Crippen MR) is 101 cm³/mol. The summed E-state index contributed by atoms with van der Waals surface area (Å²) in [5, 5.41) is 0. The van der Waals surface area contributed by atoms with Gasteiger partial charge in [0.2, 0.25) is 5.91 Å². The van der Waals surface area contributed by atoms with Crippen molar-refractivity contribution in [3.05, 3.63) is 65.7 Å². The van der Waals surface area contributed by atoms with Crippen LogP contribution in [0.15, 0.2) is 48.5 Å². The van der Waals surface area contributed by atoms with Crippen molar-refractivity contribution >= 4 is 29.3 Å². The Kier molecular flexibility index (Phi) is 4.63. The van der Waals surface area contributed by atoms with Crippen molar-refractivity contribution in [2.75, 3.05) is 23.7 Å². The van der Waals surface area contributed by atoms with Crippen molar-refractivity contribution in [1.29, 1.82) is 0 Å². The normalized spacial score (nSPS) is 19.0. The van der Waals surface area contributed by atoms with Gasteiger partial charge in [-0.15, -0.1) is 11.8 Å². The van der Waals surface area contributed by atoms with E-state index in [-0.39, 0.29) is 17.6 Å². The van der Waals surface area contributed by atoms with E-state index in [9.17, 15) is 18.4 Å². The number of nitrogens with zero attached hydrogens (tertiary/aromatic N) is 2. The Bertz CT molecular complexity index is 880. The summed E-state index contributed by atoms with van der Waals surface area (Å²) >= 11 is 1.58. The van der Waals surface area contributed by atoms with Gasteiger partial charge in [0.1, 0.15) is 11.6 Å². The third-order valence-corrected chi connectivity index (χ3v) is 6.63. The van der Waals surface area contributed by atoms with Crippen LogP contribution in [-0.4, -0.2) is 40.4 Å². The first-order chi connectivity index (χ1) is 13.0. The second kappa shape index (κ2) is 6.96. The molecule has 0 saturated carbocycles. The van der Waals surface area contributed by atoms with Gasteiger partial charge in [-0.25, -0.2) is 8.78 Å². The molecular formula is C20H18F2N2O2S. The highest BCUT2D eigenvalue weighted by Crippen LogP contribution is 2.46. The maximum absolute atomic E-state index is 13.4. The van der Waals surface area contributed by atoms with E-state index in [1.165, 1.54) is 30.3 Å². The number of hydrogen-bond acceptors (Lipinski definition) is 3. The lowest BCUT2D eigenvalue weighted by atomic mass is 10.00. The highest BCUT2D eigenvalue weighted by atomic mass is 32.2. The van der Waals surface area contributed by atoms with E-state index in [2.05, 4.69) is 0 Å². The van der Waals surface area contributed by atoms with Gasteiger partial charge >= 0.3 is 0 Å². The molecule has 2 fully saturated rings. The van der Waals surface area contributed by atoms with Crippen LogP contribution in [0.3, 0.4) is 0 Å². The highest BCUT2D eigenvalue weighted by Gasteiger charge is 2.49. The molecule has 7 heteroatoms. The van der Waals surface area contributed by atoms with Gasteiger partial charge in [0, 0.05) is 24.3 Å². The lowest BCUT2D eigenvalue weighted by Gasteiger charge is -2.44. The summed E-state index contributed by atoms with van der Waals surface area (Å²) in [6.07, 6.45) is 1.23. The van der Waals surface area contributed by atoms with Gasteiger partial charge in [-0.05, 0) is 55.3 Å². The minimum absolute atomic E-state index is 0.00323. The Hall–Kier alpha value is -2.41. The van der Waals surface area contributed by atoms with Gasteiger partial charge in [-0.3, -0.25) is 14.5 Å². The Labute approximate surface area is 160 Å². The number of likely N-dealkylation sites (tertiary alicyclic amines) is 1. The summed E-state index contributed by atoms with van der Waals surface area (Å²) in [6.45, 7) is 0.959. The Morgan fingerprint density at radius 3 is 2.37 bits per heavy atom. The molecule has 0 aliphatic carbocycles. The van der Waals surface area contributed by atoms with Crippen LogP contribution < -0.4 is 4.90 Å². The van der Waals surface area contributed by atoms with Crippen LogP contribution in [0.2, 0.25) is 0 Å². The fraction of sp³-hybridized carbons (Fsp3) is 0.300. The molecular weight excluding hydrogens is 370 g/mol. The zero-order valence-corrected chi connectivity index (χ0v) is 15.3. The Morgan fingerprint density at radius 1 is 1.00 bits per heavy atom. The summed E-state index contributed by atoms with van der Waals surface area (Å²) < 4.78 is 26.7. The molecule has 140 valence electrons. The minimum atomic E-state index is -0.436. The minimum Gasteiger partial charge on any atom is -0.338 e. The van der Waals surface area contributed by atoms with Gasteiger partial charge < -0.3 is 4.90 Å². The molecule has 0 unspecified atom stereocenters. The van der Waals surface area contributed by atoms with Crippen LogP contribution >= 0.6 is 11.8 Å². The number of carbonyl (C=O) groups is 2. The third-order valence-electron chi connectivity index (χ3n) is 5.11. The number of benzene rings is 2. The lowest BCUT2D eigenvalue weighted by molar-refractivity contribution is -0.116. The molecule has 2 aromatic rings. The van der Waals surface area contributed by atoms with Crippen molar-refractivity contribution in [3.63, 3.8) is 0 Å². The summed E-state index contributed by atoms with van der Waals surface area (Å²) in [6, 6.07) is 11.6. The van der Waals surface area contributed by atoms with E-state index in [0.29, 0.717) is 42.9 Å². The van der Waals surface area contributed by atoms with Gasteiger partial charge in [0.05, 0.1) is 10.6 Å². The monoisotopic (exact) mass is 388 g/mol. The molecule has 4 rings (SSSR count). The SMILES string of the molecule is O=C(c1cccc(F)c1)N1CCC2(CC1)SCC(=O)N2c1ccc(F)cc1. The maximum Gasteiger partial charge on any atom is 0.253 e. The number of halogens is 2. The number of piperidine rings is 1. The first kappa shape index (κ1) is 18.0. The molecule has 1 spiro atoms. The molecule has 2 amide bonds. The number of rotatable bonds is 2. The van der Waals surface area contributed by atoms with Crippen LogP contribution in [0.1, 0.15) is 23.2 Å². The largest absolute Gasteiger partial charge is 0.338 e. The molecule has 2 aliphatic heterocycles. The van der Waals surface area contributed by atoms with Crippen molar-refractivity contribution in [3.8, 4) is 0 Å². The van der Waals surface area contributed by atoms with E-state index in [1.807, 2.05) is 0 Å². The zero-order valence-electron chi connectivity index (χ0n) is 14.5. The average Bonchev–Trinajstić information content (AvgIpc) is 2.98. The molecule has 2 aliphatic rings. The van der Waals surface area contributed by atoms with E-state index in [0.717, 1.165) is 0 Å². The summed E-state index contributed by atoms with van der Waals surface area (Å²) in [7, 11) is 0.